The van der Waals surface area contributed by atoms with Crippen LogP contribution in [0, 0.1) is 13.8 Å². The van der Waals surface area contributed by atoms with Gasteiger partial charge in [0.25, 0.3) is 0 Å². The van der Waals surface area contributed by atoms with Gasteiger partial charge in [0.1, 0.15) is 0 Å². The van der Waals surface area contributed by atoms with E-state index < -0.39 is 0 Å². The van der Waals surface area contributed by atoms with Gasteiger partial charge in [-0.2, -0.15) is 0 Å². The van der Waals surface area contributed by atoms with Crippen LogP contribution >= 0.6 is 0 Å². The van der Waals surface area contributed by atoms with Crippen LogP contribution in [0.2, 0.25) is 0 Å². The Labute approximate surface area is 143 Å². The molecule has 3 rings (SSSR count). The van der Waals surface area contributed by atoms with E-state index in [1.807, 2.05) is 31.2 Å². The second-order valence-electron chi connectivity index (χ2n) is 6.30. The highest BCUT2D eigenvalue weighted by Crippen LogP contribution is 2.19. The maximum absolute atomic E-state index is 12.3. The van der Waals surface area contributed by atoms with E-state index in [2.05, 4.69) is 35.3 Å². The van der Waals surface area contributed by atoms with Crippen molar-refractivity contribution in [1.82, 2.24) is 0 Å². The Morgan fingerprint density at radius 2 is 1.79 bits per heavy atom. The monoisotopic (exact) mass is 324 g/mol. The summed E-state index contributed by atoms with van der Waals surface area (Å²) in [7, 11) is 0. The molecule has 0 atom stereocenters. The molecule has 1 aliphatic heterocycles. The Balaban J connectivity index is 1.59. The van der Waals surface area contributed by atoms with Gasteiger partial charge in [-0.15, -0.1) is 0 Å². The second kappa shape index (κ2) is 7.49. The van der Waals surface area contributed by atoms with Crippen molar-refractivity contribution in [1.29, 1.82) is 0 Å². The average molecular weight is 324 g/mol. The van der Waals surface area contributed by atoms with Crippen LogP contribution in [0.25, 0.3) is 0 Å². The molecular weight excluding hydrogens is 300 g/mol. The standard InChI is InChI=1S/C20H24N2O2/c1-15-3-4-17(16(2)13-15)14-20(23)21-18-5-7-19(8-6-18)22-9-11-24-12-10-22/h3-8,13H,9-12,14H2,1-2H3,(H,21,23). The minimum absolute atomic E-state index is 0.0149. The van der Waals surface area contributed by atoms with Crippen LogP contribution in [0.1, 0.15) is 16.7 Å². The number of anilines is 2. The zero-order valence-electron chi connectivity index (χ0n) is 14.3. The first-order chi connectivity index (χ1) is 11.6. The number of carbonyl (C=O) groups excluding carboxylic acids is 1. The van der Waals surface area contributed by atoms with Crippen LogP contribution in [0.15, 0.2) is 42.5 Å². The molecular formula is C20H24N2O2. The van der Waals surface area contributed by atoms with Crippen LogP contribution in [-0.2, 0) is 16.0 Å². The molecule has 2 aromatic rings. The van der Waals surface area contributed by atoms with E-state index in [1.54, 1.807) is 0 Å². The fourth-order valence-corrected chi connectivity index (χ4v) is 3.00. The topological polar surface area (TPSA) is 41.6 Å². The molecule has 1 amide bonds. The SMILES string of the molecule is Cc1ccc(CC(=O)Nc2ccc(N3CCOCC3)cc2)c(C)c1. The Morgan fingerprint density at radius 3 is 2.46 bits per heavy atom. The molecule has 1 N–H and O–H groups in total. The zero-order chi connectivity index (χ0) is 16.9. The Bertz CT molecular complexity index is 704. The van der Waals surface area contributed by atoms with Crippen LogP contribution < -0.4 is 10.2 Å². The predicted molar refractivity (Wildman–Crippen MR) is 97.7 cm³/mol. The van der Waals surface area contributed by atoms with Gasteiger partial charge in [0, 0.05) is 24.5 Å². The van der Waals surface area contributed by atoms with E-state index in [4.69, 9.17) is 4.74 Å². The van der Waals surface area contributed by atoms with Gasteiger partial charge in [0.15, 0.2) is 0 Å². The van der Waals surface area contributed by atoms with Crippen LogP contribution in [0.4, 0.5) is 11.4 Å². The van der Waals surface area contributed by atoms with Crippen molar-refractivity contribution in [2.24, 2.45) is 0 Å². The van der Waals surface area contributed by atoms with Gasteiger partial charge >= 0.3 is 0 Å². The molecule has 0 unspecified atom stereocenters. The van der Waals surface area contributed by atoms with Crippen molar-refractivity contribution >= 4 is 17.3 Å². The number of aryl methyl sites for hydroxylation is 2. The van der Waals surface area contributed by atoms with Crippen LogP contribution in [0.3, 0.4) is 0 Å². The van der Waals surface area contributed by atoms with Gasteiger partial charge < -0.3 is 15.0 Å². The molecule has 1 fully saturated rings. The zero-order valence-corrected chi connectivity index (χ0v) is 14.3. The summed E-state index contributed by atoms with van der Waals surface area (Å²) in [6.45, 7) is 7.49. The fourth-order valence-electron chi connectivity index (χ4n) is 3.00. The first-order valence-electron chi connectivity index (χ1n) is 8.40. The second-order valence-corrected chi connectivity index (χ2v) is 6.30. The first-order valence-corrected chi connectivity index (χ1v) is 8.40. The summed E-state index contributed by atoms with van der Waals surface area (Å²) in [6, 6.07) is 14.2. The number of benzene rings is 2. The summed E-state index contributed by atoms with van der Waals surface area (Å²) in [5, 5.41) is 2.98. The fraction of sp³-hybridized carbons (Fsp3) is 0.350. The van der Waals surface area contributed by atoms with E-state index in [-0.39, 0.29) is 5.91 Å². The number of nitrogens with one attached hydrogen (secondary N) is 1. The van der Waals surface area contributed by atoms with E-state index in [0.29, 0.717) is 6.42 Å². The van der Waals surface area contributed by atoms with E-state index >= 15 is 0 Å². The molecule has 4 nitrogen and oxygen atoms in total. The number of nitrogens with zero attached hydrogens (tertiary/aromatic N) is 1. The molecule has 0 spiro atoms. The highest BCUT2D eigenvalue weighted by molar-refractivity contribution is 5.92. The lowest BCUT2D eigenvalue weighted by Gasteiger charge is -2.28. The smallest absolute Gasteiger partial charge is 0.228 e. The summed E-state index contributed by atoms with van der Waals surface area (Å²) in [5.74, 6) is 0.0149. The summed E-state index contributed by atoms with van der Waals surface area (Å²) in [5.41, 5.74) is 5.46. The van der Waals surface area contributed by atoms with Crippen molar-refractivity contribution in [3.05, 3.63) is 59.2 Å². The summed E-state index contributed by atoms with van der Waals surface area (Å²) in [6.07, 6.45) is 0.400. The van der Waals surface area contributed by atoms with Gasteiger partial charge in [-0.05, 0) is 49.2 Å². The summed E-state index contributed by atoms with van der Waals surface area (Å²) in [4.78, 5) is 14.6. The normalized spacial score (nSPS) is 14.5. The van der Waals surface area contributed by atoms with E-state index in [0.717, 1.165) is 43.1 Å². The number of morpholine rings is 1. The van der Waals surface area contributed by atoms with Crippen molar-refractivity contribution in [3.63, 3.8) is 0 Å². The van der Waals surface area contributed by atoms with Crippen LogP contribution in [0.5, 0.6) is 0 Å². The summed E-state index contributed by atoms with van der Waals surface area (Å²) >= 11 is 0. The molecule has 126 valence electrons. The molecule has 2 aromatic carbocycles. The molecule has 24 heavy (non-hydrogen) atoms. The highest BCUT2D eigenvalue weighted by Gasteiger charge is 2.11. The molecule has 1 saturated heterocycles. The average Bonchev–Trinajstić information content (AvgIpc) is 2.59. The third-order valence-corrected chi connectivity index (χ3v) is 4.38. The predicted octanol–water partition coefficient (Wildman–Crippen LogP) is 3.32. The highest BCUT2D eigenvalue weighted by atomic mass is 16.5. The quantitative estimate of drug-likeness (QED) is 0.938. The molecule has 0 aliphatic carbocycles. The van der Waals surface area contributed by atoms with E-state index in [1.165, 1.54) is 11.3 Å². The maximum Gasteiger partial charge on any atom is 0.228 e. The minimum Gasteiger partial charge on any atom is -0.378 e. The molecule has 0 radical (unpaired) electrons. The first kappa shape index (κ1) is 16.5. The third-order valence-electron chi connectivity index (χ3n) is 4.38. The Hall–Kier alpha value is -2.33. The largest absolute Gasteiger partial charge is 0.378 e. The minimum atomic E-state index is 0.0149. The number of rotatable bonds is 4. The lowest BCUT2D eigenvalue weighted by molar-refractivity contribution is -0.115. The van der Waals surface area contributed by atoms with Crippen molar-refractivity contribution in [3.8, 4) is 0 Å². The van der Waals surface area contributed by atoms with Gasteiger partial charge in [-0.25, -0.2) is 0 Å². The van der Waals surface area contributed by atoms with E-state index in [9.17, 15) is 4.79 Å². The van der Waals surface area contributed by atoms with Gasteiger partial charge in [0.05, 0.1) is 19.6 Å². The molecule has 4 heteroatoms. The number of ether oxygens (including phenoxy) is 1. The Morgan fingerprint density at radius 1 is 1.08 bits per heavy atom. The number of amides is 1. The van der Waals surface area contributed by atoms with Gasteiger partial charge in [-0.1, -0.05) is 23.8 Å². The number of hydrogen-bond donors (Lipinski definition) is 1. The lowest BCUT2D eigenvalue weighted by atomic mass is 10.0. The van der Waals surface area contributed by atoms with Crippen molar-refractivity contribution in [2.45, 2.75) is 20.3 Å². The van der Waals surface area contributed by atoms with Crippen LogP contribution in [-0.4, -0.2) is 32.2 Å². The third kappa shape index (κ3) is 4.15. The number of hydrogen-bond acceptors (Lipinski definition) is 3. The lowest BCUT2D eigenvalue weighted by Crippen LogP contribution is -2.36. The molecule has 0 aromatic heterocycles. The number of carbonyl (C=O) groups is 1. The Kier molecular flexibility index (Phi) is 5.16. The van der Waals surface area contributed by atoms with Crippen molar-refractivity contribution in [2.75, 3.05) is 36.5 Å². The maximum atomic E-state index is 12.3. The summed E-state index contributed by atoms with van der Waals surface area (Å²) < 4.78 is 5.37. The molecule has 0 bridgehead atoms. The van der Waals surface area contributed by atoms with Gasteiger partial charge in [-0.3, -0.25) is 4.79 Å². The van der Waals surface area contributed by atoms with Gasteiger partial charge in [0.2, 0.25) is 5.91 Å². The van der Waals surface area contributed by atoms with Crippen molar-refractivity contribution < 1.29 is 9.53 Å². The molecule has 1 aliphatic rings. The molecule has 0 saturated carbocycles. The molecule has 1 heterocycles.